The van der Waals surface area contributed by atoms with Crippen molar-refractivity contribution in [1.82, 2.24) is 9.88 Å². The molecule has 0 unspecified atom stereocenters. The second kappa shape index (κ2) is 5.73. The van der Waals surface area contributed by atoms with Gasteiger partial charge in [-0.2, -0.15) is 0 Å². The zero-order valence-electron chi connectivity index (χ0n) is 11.0. The Balaban J connectivity index is 1.78. The summed E-state index contributed by atoms with van der Waals surface area (Å²) >= 11 is 1.41. The van der Waals surface area contributed by atoms with E-state index in [4.69, 9.17) is 0 Å². The van der Waals surface area contributed by atoms with Crippen molar-refractivity contribution in [3.05, 3.63) is 52.5 Å². The van der Waals surface area contributed by atoms with Crippen LogP contribution in [0.15, 0.2) is 41.2 Å². The van der Waals surface area contributed by atoms with Crippen LogP contribution in [-0.4, -0.2) is 39.6 Å². The van der Waals surface area contributed by atoms with Crippen LogP contribution in [0.25, 0.3) is 0 Å². The van der Waals surface area contributed by atoms with Crippen molar-refractivity contribution < 1.29 is 9.90 Å². The lowest BCUT2D eigenvalue weighted by Gasteiger charge is -2.25. The molecule has 1 aromatic heterocycles. The maximum Gasteiger partial charge on any atom is 0.273 e. The zero-order chi connectivity index (χ0) is 13.9. The van der Waals surface area contributed by atoms with Gasteiger partial charge in [0, 0.05) is 11.9 Å². The number of aliphatic hydroxyl groups excluding tert-OH is 1. The number of aliphatic hydroxyl groups is 1. The van der Waals surface area contributed by atoms with Crippen molar-refractivity contribution >= 4 is 17.2 Å². The molecule has 20 heavy (non-hydrogen) atoms. The van der Waals surface area contributed by atoms with Gasteiger partial charge in [-0.25, -0.2) is 4.98 Å². The fourth-order valence-electron chi connectivity index (χ4n) is 2.66. The maximum absolute atomic E-state index is 12.4. The third-order valence-electron chi connectivity index (χ3n) is 3.71. The minimum Gasteiger partial charge on any atom is -0.391 e. The minimum absolute atomic E-state index is 0.0799. The average molecular weight is 288 g/mol. The van der Waals surface area contributed by atoms with Crippen molar-refractivity contribution in [2.75, 3.05) is 6.54 Å². The molecule has 0 aliphatic carbocycles. The maximum atomic E-state index is 12.4. The average Bonchev–Trinajstić information content (AvgIpc) is 3.11. The van der Waals surface area contributed by atoms with Crippen LogP contribution in [-0.2, 0) is 6.42 Å². The van der Waals surface area contributed by atoms with Crippen LogP contribution in [0, 0.1) is 0 Å². The molecule has 2 atom stereocenters. The van der Waals surface area contributed by atoms with E-state index in [9.17, 15) is 9.90 Å². The largest absolute Gasteiger partial charge is 0.391 e. The van der Waals surface area contributed by atoms with Gasteiger partial charge in [0.05, 0.1) is 17.7 Å². The Morgan fingerprint density at radius 1 is 1.40 bits per heavy atom. The molecule has 1 N–H and O–H groups in total. The second-order valence-corrected chi connectivity index (χ2v) is 5.70. The number of rotatable bonds is 3. The molecule has 5 heteroatoms. The number of hydrogen-bond donors (Lipinski definition) is 1. The lowest BCUT2D eigenvalue weighted by Crippen LogP contribution is -2.41. The highest BCUT2D eigenvalue weighted by Crippen LogP contribution is 2.24. The topological polar surface area (TPSA) is 53.4 Å². The molecule has 2 aromatic rings. The van der Waals surface area contributed by atoms with Crippen molar-refractivity contribution in [2.24, 2.45) is 0 Å². The predicted octanol–water partition coefficient (Wildman–Crippen LogP) is 1.96. The Kier molecular flexibility index (Phi) is 3.80. The first kappa shape index (κ1) is 13.3. The highest BCUT2D eigenvalue weighted by atomic mass is 32.1. The molecule has 0 spiro atoms. The highest BCUT2D eigenvalue weighted by molar-refractivity contribution is 7.07. The van der Waals surface area contributed by atoms with E-state index >= 15 is 0 Å². The number of likely N-dealkylation sites (tertiary alicyclic amines) is 1. The fourth-order valence-corrected chi connectivity index (χ4v) is 3.18. The lowest BCUT2D eigenvalue weighted by molar-refractivity contribution is 0.0635. The number of carbonyl (C=O) groups is 1. The van der Waals surface area contributed by atoms with E-state index in [1.165, 1.54) is 11.3 Å². The Bertz CT molecular complexity index is 571. The van der Waals surface area contributed by atoms with Crippen molar-refractivity contribution in [3.63, 3.8) is 0 Å². The molecule has 1 aliphatic heterocycles. The Morgan fingerprint density at radius 3 is 2.90 bits per heavy atom. The van der Waals surface area contributed by atoms with Gasteiger partial charge >= 0.3 is 0 Å². The standard InChI is InChI=1S/C15H16N2O2S/c18-14-6-7-17(15(19)12-9-20-10-16-12)13(14)8-11-4-2-1-3-5-11/h1-5,9-10,13-14,18H,6-8H2/t13-,14-/m1/s1. The van der Waals surface area contributed by atoms with Crippen LogP contribution in [0.3, 0.4) is 0 Å². The van der Waals surface area contributed by atoms with Gasteiger partial charge in [0.1, 0.15) is 5.69 Å². The van der Waals surface area contributed by atoms with Crippen molar-refractivity contribution in [3.8, 4) is 0 Å². The van der Waals surface area contributed by atoms with Crippen LogP contribution < -0.4 is 0 Å². The van der Waals surface area contributed by atoms with Crippen LogP contribution in [0.4, 0.5) is 0 Å². The Hall–Kier alpha value is -1.72. The quantitative estimate of drug-likeness (QED) is 0.939. The van der Waals surface area contributed by atoms with Crippen LogP contribution in [0.1, 0.15) is 22.5 Å². The molecular weight excluding hydrogens is 272 g/mol. The van der Waals surface area contributed by atoms with Gasteiger partial charge in [-0.1, -0.05) is 30.3 Å². The number of thiazole rings is 1. The Labute approximate surface area is 121 Å². The van der Waals surface area contributed by atoms with Crippen LogP contribution >= 0.6 is 11.3 Å². The summed E-state index contributed by atoms with van der Waals surface area (Å²) in [5.74, 6) is -0.0799. The summed E-state index contributed by atoms with van der Waals surface area (Å²) in [4.78, 5) is 18.2. The lowest BCUT2D eigenvalue weighted by atomic mass is 10.0. The fraction of sp³-hybridized carbons (Fsp3) is 0.333. The molecule has 1 amide bonds. The molecule has 104 valence electrons. The van der Waals surface area contributed by atoms with E-state index < -0.39 is 6.10 Å². The van der Waals surface area contributed by atoms with Gasteiger partial charge in [0.2, 0.25) is 0 Å². The smallest absolute Gasteiger partial charge is 0.273 e. The first-order valence-corrected chi connectivity index (χ1v) is 7.61. The normalized spacial score (nSPS) is 22.1. The van der Waals surface area contributed by atoms with Crippen LogP contribution in [0.2, 0.25) is 0 Å². The van der Waals surface area contributed by atoms with E-state index in [0.29, 0.717) is 25.1 Å². The Morgan fingerprint density at radius 2 is 2.20 bits per heavy atom. The summed E-state index contributed by atoms with van der Waals surface area (Å²) in [5, 5.41) is 11.9. The van der Waals surface area contributed by atoms with E-state index in [2.05, 4.69) is 4.98 Å². The molecule has 0 saturated carbocycles. The number of aromatic nitrogens is 1. The van der Waals surface area contributed by atoms with E-state index in [-0.39, 0.29) is 11.9 Å². The van der Waals surface area contributed by atoms with E-state index in [1.54, 1.807) is 15.8 Å². The summed E-state index contributed by atoms with van der Waals surface area (Å²) < 4.78 is 0. The molecule has 3 rings (SSSR count). The number of amides is 1. The minimum atomic E-state index is -0.460. The van der Waals surface area contributed by atoms with E-state index in [1.807, 2.05) is 30.3 Å². The van der Waals surface area contributed by atoms with Gasteiger partial charge in [0.15, 0.2) is 0 Å². The summed E-state index contributed by atoms with van der Waals surface area (Å²) in [6, 6.07) is 9.80. The highest BCUT2D eigenvalue weighted by Gasteiger charge is 2.36. The predicted molar refractivity (Wildman–Crippen MR) is 77.7 cm³/mol. The molecule has 0 radical (unpaired) electrons. The summed E-state index contributed by atoms with van der Waals surface area (Å²) in [7, 11) is 0. The molecule has 4 nitrogen and oxygen atoms in total. The van der Waals surface area contributed by atoms with Crippen LogP contribution in [0.5, 0.6) is 0 Å². The molecule has 1 fully saturated rings. The third-order valence-corrected chi connectivity index (χ3v) is 4.30. The third kappa shape index (κ3) is 2.59. The first-order valence-electron chi connectivity index (χ1n) is 6.67. The number of hydrogen-bond acceptors (Lipinski definition) is 4. The molecule has 0 bridgehead atoms. The zero-order valence-corrected chi connectivity index (χ0v) is 11.8. The van der Waals surface area contributed by atoms with Gasteiger partial charge in [0.25, 0.3) is 5.91 Å². The van der Waals surface area contributed by atoms with Crippen molar-refractivity contribution in [1.29, 1.82) is 0 Å². The summed E-state index contributed by atoms with van der Waals surface area (Å²) in [6.45, 7) is 0.592. The first-order chi connectivity index (χ1) is 9.75. The monoisotopic (exact) mass is 288 g/mol. The molecule has 1 saturated heterocycles. The summed E-state index contributed by atoms with van der Waals surface area (Å²) in [6.07, 6.45) is 0.850. The second-order valence-electron chi connectivity index (χ2n) is 4.99. The molecule has 2 heterocycles. The van der Waals surface area contributed by atoms with Crippen molar-refractivity contribution in [2.45, 2.75) is 25.0 Å². The number of benzene rings is 1. The molecular formula is C15H16N2O2S. The van der Waals surface area contributed by atoms with Gasteiger partial charge < -0.3 is 10.0 Å². The molecule has 1 aliphatic rings. The molecule has 1 aromatic carbocycles. The number of carbonyl (C=O) groups excluding carboxylic acids is 1. The van der Waals surface area contributed by atoms with Gasteiger partial charge in [-0.3, -0.25) is 4.79 Å². The summed E-state index contributed by atoms with van der Waals surface area (Å²) in [5.41, 5.74) is 3.27. The van der Waals surface area contributed by atoms with E-state index in [0.717, 1.165) is 5.56 Å². The van der Waals surface area contributed by atoms with Gasteiger partial charge in [-0.15, -0.1) is 11.3 Å². The number of nitrogens with zero attached hydrogens (tertiary/aromatic N) is 2. The van der Waals surface area contributed by atoms with Gasteiger partial charge in [-0.05, 0) is 18.4 Å². The SMILES string of the molecule is O=C(c1cscn1)N1CC[C@@H](O)[C@H]1Cc1ccccc1.